The maximum Gasteiger partial charge on any atom is 0.0233 e. The Bertz CT molecular complexity index is 339. The molecule has 0 N–H and O–H groups in total. The first-order valence-electron chi connectivity index (χ1n) is 7.15. The predicted molar refractivity (Wildman–Crippen MR) is 77.6 cm³/mol. The Morgan fingerprint density at radius 1 is 1.17 bits per heavy atom. The lowest BCUT2D eigenvalue weighted by atomic mass is 10.0. The van der Waals surface area contributed by atoms with Gasteiger partial charge in [-0.3, -0.25) is 4.90 Å². The molecule has 0 amide bonds. The summed E-state index contributed by atoms with van der Waals surface area (Å²) < 4.78 is 0. The van der Waals surface area contributed by atoms with E-state index in [0.29, 0.717) is 6.04 Å². The van der Waals surface area contributed by atoms with Crippen LogP contribution in [0.3, 0.4) is 0 Å². The van der Waals surface area contributed by atoms with Crippen molar-refractivity contribution in [3.8, 4) is 0 Å². The van der Waals surface area contributed by atoms with E-state index < -0.39 is 0 Å². The van der Waals surface area contributed by atoms with Crippen molar-refractivity contribution in [1.29, 1.82) is 0 Å². The van der Waals surface area contributed by atoms with Crippen LogP contribution in [0.4, 0.5) is 0 Å². The number of hydrogen-bond acceptors (Lipinski definition) is 2. The fraction of sp³-hybridized carbons (Fsp3) is 0.625. The molecule has 2 heteroatoms. The normalized spacial score (nSPS) is 18.7. The number of likely N-dealkylation sites (tertiary alicyclic amines) is 1. The van der Waals surface area contributed by atoms with E-state index in [1.807, 2.05) is 0 Å². The lowest BCUT2D eigenvalue weighted by Crippen LogP contribution is -2.45. The molecule has 1 aromatic rings. The highest BCUT2D eigenvalue weighted by Gasteiger charge is 2.23. The van der Waals surface area contributed by atoms with Gasteiger partial charge < -0.3 is 4.90 Å². The fourth-order valence-corrected chi connectivity index (χ4v) is 2.84. The number of hydrogen-bond donors (Lipinski definition) is 0. The third-order valence-corrected chi connectivity index (χ3v) is 4.13. The summed E-state index contributed by atoms with van der Waals surface area (Å²) in [7, 11) is 2.27. The fourth-order valence-electron chi connectivity index (χ4n) is 2.84. The van der Waals surface area contributed by atoms with E-state index in [4.69, 9.17) is 0 Å². The molecule has 0 radical (unpaired) electrons. The second kappa shape index (κ2) is 6.35. The van der Waals surface area contributed by atoms with Crippen LogP contribution in [0.2, 0.25) is 0 Å². The van der Waals surface area contributed by atoms with Gasteiger partial charge in [-0.2, -0.15) is 0 Å². The van der Waals surface area contributed by atoms with Gasteiger partial charge in [0.1, 0.15) is 0 Å². The molecule has 2 nitrogen and oxygen atoms in total. The lowest BCUT2D eigenvalue weighted by Gasteiger charge is -2.38. The van der Waals surface area contributed by atoms with Gasteiger partial charge in [0.25, 0.3) is 0 Å². The van der Waals surface area contributed by atoms with Crippen LogP contribution in [0, 0.1) is 0 Å². The van der Waals surface area contributed by atoms with Gasteiger partial charge in [-0.05, 0) is 52.4 Å². The third-order valence-electron chi connectivity index (χ3n) is 4.13. The van der Waals surface area contributed by atoms with Crippen LogP contribution in [-0.4, -0.2) is 42.0 Å². The molecule has 2 rings (SSSR count). The topological polar surface area (TPSA) is 6.48 Å². The Balaban J connectivity index is 1.82. The molecule has 0 unspecified atom stereocenters. The van der Waals surface area contributed by atoms with Crippen LogP contribution < -0.4 is 0 Å². The van der Waals surface area contributed by atoms with Gasteiger partial charge in [-0.15, -0.1) is 0 Å². The molecule has 0 aliphatic carbocycles. The summed E-state index contributed by atoms with van der Waals surface area (Å²) >= 11 is 0. The number of nitrogens with zero attached hydrogens (tertiary/aromatic N) is 2. The van der Waals surface area contributed by atoms with Crippen molar-refractivity contribution in [2.75, 3.05) is 20.1 Å². The molecular weight excluding hydrogens is 220 g/mol. The van der Waals surface area contributed by atoms with Crippen molar-refractivity contribution in [3.05, 3.63) is 35.9 Å². The highest BCUT2D eigenvalue weighted by Crippen LogP contribution is 2.18. The first kappa shape index (κ1) is 13.6. The summed E-state index contributed by atoms with van der Waals surface area (Å²) in [5, 5.41) is 0. The Morgan fingerprint density at radius 3 is 2.33 bits per heavy atom. The second-order valence-electron chi connectivity index (χ2n) is 5.76. The van der Waals surface area contributed by atoms with Gasteiger partial charge in [0.05, 0.1) is 0 Å². The summed E-state index contributed by atoms with van der Waals surface area (Å²) in [5.74, 6) is 0. The van der Waals surface area contributed by atoms with Crippen LogP contribution in [0.5, 0.6) is 0 Å². The van der Waals surface area contributed by atoms with E-state index in [9.17, 15) is 0 Å². The van der Waals surface area contributed by atoms with Crippen molar-refractivity contribution in [1.82, 2.24) is 9.80 Å². The molecule has 1 heterocycles. The molecule has 0 aromatic heterocycles. The van der Waals surface area contributed by atoms with Gasteiger partial charge in [-0.25, -0.2) is 0 Å². The van der Waals surface area contributed by atoms with Crippen molar-refractivity contribution >= 4 is 0 Å². The Hall–Kier alpha value is -0.860. The zero-order valence-electron chi connectivity index (χ0n) is 12.0. The van der Waals surface area contributed by atoms with E-state index >= 15 is 0 Å². The summed E-state index contributed by atoms with van der Waals surface area (Å²) in [6.07, 6.45) is 2.61. The van der Waals surface area contributed by atoms with E-state index in [2.05, 4.69) is 61.0 Å². The highest BCUT2D eigenvalue weighted by atomic mass is 15.2. The first-order valence-corrected chi connectivity index (χ1v) is 7.15. The molecule has 100 valence electrons. The van der Waals surface area contributed by atoms with Gasteiger partial charge >= 0.3 is 0 Å². The standard InChI is InChI=1S/C16H26N2/c1-14(2)18-11-9-16(10-12-18)17(3)13-15-7-5-4-6-8-15/h4-8,14,16H,9-13H2,1-3H3. The van der Waals surface area contributed by atoms with Crippen molar-refractivity contribution < 1.29 is 0 Å². The summed E-state index contributed by atoms with van der Waals surface area (Å²) in [6.45, 7) is 8.18. The zero-order valence-corrected chi connectivity index (χ0v) is 12.0. The molecular formula is C16H26N2. The number of piperidine rings is 1. The lowest BCUT2D eigenvalue weighted by molar-refractivity contribution is 0.104. The van der Waals surface area contributed by atoms with Crippen LogP contribution in [-0.2, 0) is 6.54 Å². The minimum Gasteiger partial charge on any atom is -0.301 e. The summed E-state index contributed by atoms with van der Waals surface area (Å²) in [6, 6.07) is 12.2. The molecule has 1 saturated heterocycles. The predicted octanol–water partition coefficient (Wildman–Crippen LogP) is 2.99. The van der Waals surface area contributed by atoms with Crippen LogP contribution >= 0.6 is 0 Å². The van der Waals surface area contributed by atoms with E-state index in [-0.39, 0.29) is 0 Å². The molecule has 0 atom stereocenters. The van der Waals surface area contributed by atoms with Gasteiger partial charge in [0.2, 0.25) is 0 Å². The van der Waals surface area contributed by atoms with Crippen LogP contribution in [0.15, 0.2) is 30.3 Å². The number of benzene rings is 1. The number of rotatable bonds is 4. The quantitative estimate of drug-likeness (QED) is 0.806. The van der Waals surface area contributed by atoms with Crippen molar-refractivity contribution in [3.63, 3.8) is 0 Å². The summed E-state index contributed by atoms with van der Waals surface area (Å²) in [4.78, 5) is 5.11. The molecule has 1 aromatic carbocycles. The maximum atomic E-state index is 2.59. The van der Waals surface area contributed by atoms with Gasteiger partial charge in [0.15, 0.2) is 0 Å². The minimum absolute atomic E-state index is 0.699. The largest absolute Gasteiger partial charge is 0.301 e. The summed E-state index contributed by atoms with van der Waals surface area (Å²) in [5.41, 5.74) is 1.42. The van der Waals surface area contributed by atoms with Crippen molar-refractivity contribution in [2.45, 2.75) is 45.3 Å². The maximum absolute atomic E-state index is 2.59. The van der Waals surface area contributed by atoms with Gasteiger partial charge in [0, 0.05) is 18.6 Å². The van der Waals surface area contributed by atoms with Crippen LogP contribution in [0.1, 0.15) is 32.3 Å². The highest BCUT2D eigenvalue weighted by molar-refractivity contribution is 5.14. The monoisotopic (exact) mass is 246 g/mol. The molecule has 0 saturated carbocycles. The Labute approximate surface area is 112 Å². The molecule has 0 bridgehead atoms. The zero-order chi connectivity index (χ0) is 13.0. The van der Waals surface area contributed by atoms with E-state index in [0.717, 1.165) is 12.6 Å². The molecule has 0 spiro atoms. The third kappa shape index (κ3) is 3.56. The molecule has 1 fully saturated rings. The Morgan fingerprint density at radius 2 is 1.78 bits per heavy atom. The average molecular weight is 246 g/mol. The average Bonchev–Trinajstić information content (AvgIpc) is 2.40. The van der Waals surface area contributed by atoms with Crippen LogP contribution in [0.25, 0.3) is 0 Å². The molecule has 18 heavy (non-hydrogen) atoms. The Kier molecular flexibility index (Phi) is 4.79. The minimum atomic E-state index is 0.699. The van der Waals surface area contributed by atoms with E-state index in [1.165, 1.54) is 31.5 Å². The molecule has 1 aliphatic rings. The van der Waals surface area contributed by atoms with E-state index in [1.54, 1.807) is 0 Å². The second-order valence-corrected chi connectivity index (χ2v) is 5.76. The first-order chi connectivity index (χ1) is 8.66. The SMILES string of the molecule is CC(C)N1CCC(N(C)Cc2ccccc2)CC1. The smallest absolute Gasteiger partial charge is 0.0233 e. The molecule has 1 aliphatic heterocycles. The van der Waals surface area contributed by atoms with Gasteiger partial charge in [-0.1, -0.05) is 30.3 Å². The van der Waals surface area contributed by atoms with Crippen molar-refractivity contribution in [2.24, 2.45) is 0 Å².